The molecule has 1 heterocycles. The lowest BCUT2D eigenvalue weighted by Gasteiger charge is -2.05. The summed E-state index contributed by atoms with van der Waals surface area (Å²) < 4.78 is 6.30. The SMILES string of the molecule is c1ccc(-c2ccc3cc4oc5cc6ccc(-c7ccccc7)cc6cc5c4cc3c2)cc1. The first-order valence-electron chi connectivity index (χ1n) is 11.3. The number of hydrogen-bond acceptors (Lipinski definition) is 1. The molecule has 0 radical (unpaired) electrons. The second-order valence-electron chi connectivity index (χ2n) is 8.65. The molecule has 0 saturated heterocycles. The summed E-state index contributed by atoms with van der Waals surface area (Å²) in [6.07, 6.45) is 0. The summed E-state index contributed by atoms with van der Waals surface area (Å²) in [5.74, 6) is 0. The van der Waals surface area contributed by atoms with E-state index in [1.165, 1.54) is 43.8 Å². The third-order valence-corrected chi connectivity index (χ3v) is 6.60. The van der Waals surface area contributed by atoms with Gasteiger partial charge in [0.2, 0.25) is 0 Å². The van der Waals surface area contributed by atoms with Crippen LogP contribution in [0.3, 0.4) is 0 Å². The molecule has 0 N–H and O–H groups in total. The molecule has 33 heavy (non-hydrogen) atoms. The Kier molecular flexibility index (Phi) is 3.91. The van der Waals surface area contributed by atoms with Crippen molar-refractivity contribution in [2.45, 2.75) is 0 Å². The van der Waals surface area contributed by atoms with Crippen molar-refractivity contribution in [2.75, 3.05) is 0 Å². The molecule has 0 unspecified atom stereocenters. The van der Waals surface area contributed by atoms with E-state index in [-0.39, 0.29) is 0 Å². The van der Waals surface area contributed by atoms with Gasteiger partial charge in [0.15, 0.2) is 0 Å². The lowest BCUT2D eigenvalue weighted by Crippen LogP contribution is -1.80. The van der Waals surface area contributed by atoms with Gasteiger partial charge in [-0.05, 0) is 80.2 Å². The minimum absolute atomic E-state index is 0.934. The fourth-order valence-corrected chi connectivity index (χ4v) is 4.88. The van der Waals surface area contributed by atoms with Crippen molar-refractivity contribution in [1.82, 2.24) is 0 Å². The first-order valence-corrected chi connectivity index (χ1v) is 11.3. The predicted molar refractivity (Wildman–Crippen MR) is 140 cm³/mol. The number of furan rings is 1. The highest BCUT2D eigenvalue weighted by molar-refractivity contribution is 6.14. The normalized spacial score (nSPS) is 11.6. The van der Waals surface area contributed by atoms with Crippen LogP contribution in [0.4, 0.5) is 0 Å². The van der Waals surface area contributed by atoms with E-state index < -0.39 is 0 Å². The van der Waals surface area contributed by atoms with E-state index in [4.69, 9.17) is 4.42 Å². The minimum atomic E-state index is 0.934. The highest BCUT2D eigenvalue weighted by Crippen LogP contribution is 2.36. The van der Waals surface area contributed by atoms with E-state index in [1.54, 1.807) is 0 Å². The van der Waals surface area contributed by atoms with Crippen LogP contribution in [0.1, 0.15) is 0 Å². The average molecular weight is 421 g/mol. The van der Waals surface area contributed by atoms with Crippen LogP contribution in [0.5, 0.6) is 0 Å². The minimum Gasteiger partial charge on any atom is -0.456 e. The van der Waals surface area contributed by atoms with E-state index in [2.05, 4.69) is 121 Å². The van der Waals surface area contributed by atoms with Crippen LogP contribution in [0.25, 0.3) is 65.7 Å². The molecule has 0 aliphatic carbocycles. The summed E-state index contributed by atoms with van der Waals surface area (Å²) >= 11 is 0. The van der Waals surface area contributed by atoms with E-state index in [9.17, 15) is 0 Å². The zero-order chi connectivity index (χ0) is 21.8. The topological polar surface area (TPSA) is 13.1 Å². The first-order chi connectivity index (χ1) is 16.3. The maximum Gasteiger partial charge on any atom is 0.136 e. The smallest absolute Gasteiger partial charge is 0.136 e. The Balaban J connectivity index is 1.44. The number of benzene rings is 6. The van der Waals surface area contributed by atoms with Crippen molar-refractivity contribution in [1.29, 1.82) is 0 Å². The molecule has 7 aromatic rings. The van der Waals surface area contributed by atoms with E-state index in [1.807, 2.05) is 0 Å². The van der Waals surface area contributed by atoms with Gasteiger partial charge in [0.25, 0.3) is 0 Å². The van der Waals surface area contributed by atoms with Crippen molar-refractivity contribution in [3.63, 3.8) is 0 Å². The molecule has 0 spiro atoms. The van der Waals surface area contributed by atoms with Crippen LogP contribution in [0, 0.1) is 0 Å². The molecular weight excluding hydrogens is 400 g/mol. The van der Waals surface area contributed by atoms with E-state index in [0.717, 1.165) is 21.9 Å². The summed E-state index contributed by atoms with van der Waals surface area (Å²) in [6.45, 7) is 0. The zero-order valence-electron chi connectivity index (χ0n) is 18.0. The van der Waals surface area contributed by atoms with Gasteiger partial charge in [-0.25, -0.2) is 0 Å². The maximum atomic E-state index is 6.30. The van der Waals surface area contributed by atoms with Crippen molar-refractivity contribution < 1.29 is 4.42 Å². The monoisotopic (exact) mass is 420 g/mol. The molecular formula is C32H20O. The molecule has 0 aliphatic heterocycles. The predicted octanol–water partition coefficient (Wildman–Crippen LogP) is 9.23. The van der Waals surface area contributed by atoms with Gasteiger partial charge in [-0.1, -0.05) is 84.9 Å². The average Bonchev–Trinajstić information content (AvgIpc) is 3.22. The van der Waals surface area contributed by atoms with E-state index in [0.29, 0.717) is 0 Å². The number of fused-ring (bicyclic) bond motifs is 5. The number of rotatable bonds is 2. The molecule has 1 heteroatoms. The molecule has 0 amide bonds. The van der Waals surface area contributed by atoms with Crippen LogP contribution in [0.15, 0.2) is 126 Å². The van der Waals surface area contributed by atoms with Crippen LogP contribution < -0.4 is 0 Å². The van der Waals surface area contributed by atoms with Gasteiger partial charge in [0, 0.05) is 10.8 Å². The van der Waals surface area contributed by atoms with Gasteiger partial charge >= 0.3 is 0 Å². The number of hydrogen-bond donors (Lipinski definition) is 0. The Labute approximate surface area is 191 Å². The first kappa shape index (κ1) is 18.2. The summed E-state index contributed by atoms with van der Waals surface area (Å²) in [4.78, 5) is 0. The molecule has 0 aliphatic rings. The zero-order valence-corrected chi connectivity index (χ0v) is 18.0. The molecule has 0 bridgehead atoms. The standard InChI is InChI=1S/C32H20O/c1-3-7-21(8-4-1)23-11-13-25-19-31-29(17-27(25)15-23)30-18-28-16-24(22-9-5-2-6-10-22)12-14-26(28)20-32(30)33-31/h1-20H. The lowest BCUT2D eigenvalue weighted by molar-refractivity contribution is 0.670. The Morgan fingerprint density at radius 1 is 0.333 bits per heavy atom. The molecule has 1 aromatic heterocycles. The van der Waals surface area contributed by atoms with Gasteiger partial charge in [0.1, 0.15) is 11.2 Å². The van der Waals surface area contributed by atoms with E-state index >= 15 is 0 Å². The van der Waals surface area contributed by atoms with Crippen LogP contribution in [-0.2, 0) is 0 Å². The molecule has 0 atom stereocenters. The summed E-state index contributed by atoms with van der Waals surface area (Å²) in [5.41, 5.74) is 6.79. The van der Waals surface area contributed by atoms with Gasteiger partial charge < -0.3 is 4.42 Å². The van der Waals surface area contributed by atoms with Gasteiger partial charge in [-0.3, -0.25) is 0 Å². The lowest BCUT2D eigenvalue weighted by atomic mass is 9.98. The quantitative estimate of drug-likeness (QED) is 0.272. The third kappa shape index (κ3) is 3.01. The van der Waals surface area contributed by atoms with Crippen LogP contribution in [-0.4, -0.2) is 0 Å². The van der Waals surface area contributed by atoms with Crippen LogP contribution >= 0.6 is 0 Å². The maximum absolute atomic E-state index is 6.30. The van der Waals surface area contributed by atoms with Crippen molar-refractivity contribution in [3.05, 3.63) is 121 Å². The Bertz CT molecular complexity index is 1660. The Morgan fingerprint density at radius 3 is 1.24 bits per heavy atom. The Hall–Kier alpha value is -4.36. The summed E-state index contributed by atoms with van der Waals surface area (Å²) in [7, 11) is 0. The summed E-state index contributed by atoms with van der Waals surface area (Å²) in [6, 6.07) is 43.2. The fourth-order valence-electron chi connectivity index (χ4n) is 4.88. The molecule has 0 fully saturated rings. The van der Waals surface area contributed by atoms with Crippen LogP contribution in [0.2, 0.25) is 0 Å². The second kappa shape index (κ2) is 7.08. The molecule has 6 aromatic carbocycles. The molecule has 154 valence electrons. The van der Waals surface area contributed by atoms with Gasteiger partial charge in [0.05, 0.1) is 0 Å². The largest absolute Gasteiger partial charge is 0.456 e. The highest BCUT2D eigenvalue weighted by atomic mass is 16.3. The van der Waals surface area contributed by atoms with Gasteiger partial charge in [-0.2, -0.15) is 0 Å². The summed E-state index contributed by atoms with van der Waals surface area (Å²) in [5, 5.41) is 7.16. The van der Waals surface area contributed by atoms with Crippen molar-refractivity contribution in [3.8, 4) is 22.3 Å². The molecule has 1 nitrogen and oxygen atoms in total. The molecule has 0 saturated carbocycles. The molecule has 7 rings (SSSR count). The Morgan fingerprint density at radius 2 is 0.788 bits per heavy atom. The third-order valence-electron chi connectivity index (χ3n) is 6.60. The fraction of sp³-hybridized carbons (Fsp3) is 0. The highest BCUT2D eigenvalue weighted by Gasteiger charge is 2.11. The van der Waals surface area contributed by atoms with Crippen molar-refractivity contribution in [2.24, 2.45) is 0 Å². The second-order valence-corrected chi connectivity index (χ2v) is 8.65. The van der Waals surface area contributed by atoms with Gasteiger partial charge in [-0.15, -0.1) is 0 Å². The van der Waals surface area contributed by atoms with Crippen molar-refractivity contribution >= 4 is 43.5 Å².